The highest BCUT2D eigenvalue weighted by Crippen LogP contribution is 2.48. The highest BCUT2D eigenvalue weighted by Gasteiger charge is 2.41. The van der Waals surface area contributed by atoms with Gasteiger partial charge in [-0.2, -0.15) is 0 Å². The molecule has 3 aliphatic rings. The van der Waals surface area contributed by atoms with E-state index in [4.69, 9.17) is 16.3 Å². The fourth-order valence-corrected chi connectivity index (χ4v) is 4.73. The first-order chi connectivity index (χ1) is 8.55. The van der Waals surface area contributed by atoms with Gasteiger partial charge in [0.15, 0.2) is 0 Å². The molecule has 2 bridgehead atoms. The molecule has 0 aromatic carbocycles. The van der Waals surface area contributed by atoms with Gasteiger partial charge in [0.1, 0.15) is 0 Å². The minimum Gasteiger partial charge on any atom is -0.368 e. The topological polar surface area (TPSA) is 12.5 Å². The van der Waals surface area contributed by atoms with Crippen LogP contribution >= 0.6 is 11.6 Å². The van der Waals surface area contributed by atoms with Crippen LogP contribution in [0.1, 0.15) is 39.5 Å². The fraction of sp³-hybridized carbons (Fsp3) is 1.00. The zero-order chi connectivity index (χ0) is 12.8. The van der Waals surface area contributed by atoms with E-state index < -0.39 is 0 Å². The van der Waals surface area contributed by atoms with Crippen molar-refractivity contribution in [1.29, 1.82) is 0 Å². The Labute approximate surface area is 116 Å². The summed E-state index contributed by atoms with van der Waals surface area (Å²) in [7, 11) is 0. The van der Waals surface area contributed by atoms with Crippen molar-refractivity contribution in [3.63, 3.8) is 0 Å². The molecular formula is C15H26ClNO. The Balaban J connectivity index is 1.58. The van der Waals surface area contributed by atoms with E-state index in [-0.39, 0.29) is 11.7 Å². The van der Waals surface area contributed by atoms with Gasteiger partial charge in [0.25, 0.3) is 0 Å². The van der Waals surface area contributed by atoms with Gasteiger partial charge in [-0.25, -0.2) is 0 Å². The van der Waals surface area contributed by atoms with Crippen molar-refractivity contribution in [3.8, 4) is 0 Å². The van der Waals surface area contributed by atoms with E-state index in [2.05, 4.69) is 18.7 Å². The molecule has 1 aliphatic heterocycles. The Bertz CT molecular complexity index is 307. The first kappa shape index (κ1) is 13.2. The third-order valence-corrected chi connectivity index (χ3v) is 5.45. The molecule has 4 atom stereocenters. The van der Waals surface area contributed by atoms with Crippen LogP contribution in [0.2, 0.25) is 0 Å². The van der Waals surface area contributed by atoms with E-state index in [9.17, 15) is 0 Å². The van der Waals surface area contributed by atoms with Crippen molar-refractivity contribution in [2.75, 3.05) is 25.5 Å². The van der Waals surface area contributed by atoms with Crippen LogP contribution in [0.15, 0.2) is 0 Å². The highest BCUT2D eigenvalue weighted by molar-refractivity contribution is 6.18. The number of hydrogen-bond donors (Lipinski definition) is 0. The van der Waals surface area contributed by atoms with Crippen molar-refractivity contribution < 1.29 is 4.74 Å². The molecule has 2 nitrogen and oxygen atoms in total. The van der Waals surface area contributed by atoms with Crippen LogP contribution in [0.3, 0.4) is 0 Å². The van der Waals surface area contributed by atoms with Crippen LogP contribution in [0.4, 0.5) is 0 Å². The third-order valence-electron chi connectivity index (χ3n) is 5.10. The monoisotopic (exact) mass is 271 g/mol. The van der Waals surface area contributed by atoms with Crippen LogP contribution in [0.5, 0.6) is 0 Å². The number of halogens is 1. The average molecular weight is 272 g/mol. The van der Waals surface area contributed by atoms with Gasteiger partial charge in [-0.15, -0.1) is 11.6 Å². The number of fused-ring (bicyclic) bond motifs is 2. The van der Waals surface area contributed by atoms with Gasteiger partial charge < -0.3 is 4.74 Å². The van der Waals surface area contributed by atoms with Gasteiger partial charge >= 0.3 is 0 Å². The van der Waals surface area contributed by atoms with E-state index in [1.807, 2.05) is 0 Å². The van der Waals surface area contributed by atoms with Crippen molar-refractivity contribution in [2.24, 2.45) is 17.8 Å². The molecule has 2 saturated carbocycles. The largest absolute Gasteiger partial charge is 0.368 e. The standard InChI is InChI=1S/C15H26ClNO/c1-15(2)10-17(9-14(7-16)18-15)8-13-6-11-3-4-12(13)5-11/h11-14H,3-10H2,1-2H3. The fourth-order valence-electron chi connectivity index (χ4n) is 4.57. The molecule has 104 valence electrons. The van der Waals surface area contributed by atoms with Gasteiger partial charge in [-0.3, -0.25) is 4.90 Å². The summed E-state index contributed by atoms with van der Waals surface area (Å²) < 4.78 is 6.01. The first-order valence-corrected chi connectivity index (χ1v) is 8.05. The van der Waals surface area contributed by atoms with Crippen LogP contribution in [0, 0.1) is 17.8 Å². The lowest BCUT2D eigenvalue weighted by molar-refractivity contribution is -0.130. The van der Waals surface area contributed by atoms with E-state index in [1.54, 1.807) is 0 Å². The second kappa shape index (κ2) is 4.96. The zero-order valence-electron chi connectivity index (χ0n) is 11.7. The van der Waals surface area contributed by atoms with E-state index in [0.29, 0.717) is 5.88 Å². The molecule has 18 heavy (non-hydrogen) atoms. The summed E-state index contributed by atoms with van der Waals surface area (Å²) in [5, 5.41) is 0. The molecule has 0 N–H and O–H groups in total. The Morgan fingerprint density at radius 3 is 2.72 bits per heavy atom. The van der Waals surface area contributed by atoms with Gasteiger partial charge in [0.05, 0.1) is 11.7 Å². The molecule has 3 fully saturated rings. The quantitative estimate of drug-likeness (QED) is 0.732. The molecule has 0 amide bonds. The zero-order valence-corrected chi connectivity index (χ0v) is 12.5. The molecule has 1 heterocycles. The minimum absolute atomic E-state index is 0.0323. The maximum Gasteiger partial charge on any atom is 0.0844 e. The molecule has 3 heteroatoms. The third kappa shape index (κ3) is 2.71. The molecule has 2 aliphatic carbocycles. The van der Waals surface area contributed by atoms with Crippen molar-refractivity contribution in [1.82, 2.24) is 4.90 Å². The average Bonchev–Trinajstić information content (AvgIpc) is 2.88. The maximum absolute atomic E-state index is 6.01. The maximum atomic E-state index is 6.01. The smallest absolute Gasteiger partial charge is 0.0844 e. The Morgan fingerprint density at radius 1 is 1.28 bits per heavy atom. The van der Waals surface area contributed by atoms with E-state index in [0.717, 1.165) is 30.8 Å². The Hall–Kier alpha value is 0.210. The lowest BCUT2D eigenvalue weighted by Gasteiger charge is -2.43. The molecule has 0 aromatic heterocycles. The number of ether oxygens (including phenoxy) is 1. The molecule has 4 unspecified atom stereocenters. The predicted octanol–water partition coefficient (Wildman–Crippen LogP) is 3.14. The summed E-state index contributed by atoms with van der Waals surface area (Å²) in [6.07, 6.45) is 6.20. The summed E-state index contributed by atoms with van der Waals surface area (Å²) in [6, 6.07) is 0. The summed E-state index contributed by atoms with van der Waals surface area (Å²) in [5.74, 6) is 3.65. The Kier molecular flexibility index (Phi) is 3.64. The number of rotatable bonds is 3. The molecule has 0 radical (unpaired) electrons. The van der Waals surface area contributed by atoms with Crippen molar-refractivity contribution >= 4 is 11.6 Å². The number of alkyl halides is 1. The highest BCUT2D eigenvalue weighted by atomic mass is 35.5. The summed E-state index contributed by atoms with van der Waals surface area (Å²) in [4.78, 5) is 2.61. The van der Waals surface area contributed by atoms with Gasteiger partial charge in [-0.05, 0) is 50.9 Å². The molecular weight excluding hydrogens is 246 g/mol. The predicted molar refractivity (Wildman–Crippen MR) is 75.1 cm³/mol. The van der Waals surface area contributed by atoms with Crippen LogP contribution in [-0.2, 0) is 4.74 Å². The summed E-state index contributed by atoms with van der Waals surface area (Å²) in [6.45, 7) is 7.76. The molecule has 1 saturated heterocycles. The normalized spacial score (nSPS) is 43.5. The van der Waals surface area contributed by atoms with Gasteiger partial charge in [-0.1, -0.05) is 6.42 Å². The van der Waals surface area contributed by atoms with Crippen LogP contribution < -0.4 is 0 Å². The molecule has 0 aromatic rings. The Morgan fingerprint density at radius 2 is 2.11 bits per heavy atom. The number of hydrogen-bond acceptors (Lipinski definition) is 2. The summed E-state index contributed by atoms with van der Waals surface area (Å²) in [5.41, 5.74) is -0.0323. The lowest BCUT2D eigenvalue weighted by Crippen LogP contribution is -2.54. The molecule has 0 spiro atoms. The van der Waals surface area contributed by atoms with E-state index in [1.165, 1.54) is 32.2 Å². The minimum atomic E-state index is -0.0323. The second-order valence-corrected chi connectivity index (χ2v) is 7.59. The second-order valence-electron chi connectivity index (χ2n) is 7.28. The van der Waals surface area contributed by atoms with Gasteiger partial charge in [0.2, 0.25) is 0 Å². The van der Waals surface area contributed by atoms with Crippen molar-refractivity contribution in [3.05, 3.63) is 0 Å². The first-order valence-electron chi connectivity index (χ1n) is 7.52. The lowest BCUT2D eigenvalue weighted by atomic mass is 9.88. The SMILES string of the molecule is CC1(C)CN(CC2CC3CCC2C3)CC(CCl)O1. The van der Waals surface area contributed by atoms with Crippen molar-refractivity contribution in [2.45, 2.75) is 51.2 Å². The number of morpholine rings is 1. The summed E-state index contributed by atoms with van der Waals surface area (Å²) >= 11 is 6.00. The van der Waals surface area contributed by atoms with Gasteiger partial charge in [0, 0.05) is 25.5 Å². The van der Waals surface area contributed by atoms with E-state index >= 15 is 0 Å². The molecule has 3 rings (SSSR count). The van der Waals surface area contributed by atoms with Crippen LogP contribution in [-0.4, -0.2) is 42.1 Å². The van der Waals surface area contributed by atoms with Crippen LogP contribution in [0.25, 0.3) is 0 Å². The number of nitrogens with zero attached hydrogens (tertiary/aromatic N) is 1.